The molecule has 0 spiro atoms. The van der Waals surface area contributed by atoms with Gasteiger partial charge >= 0.3 is 0 Å². The van der Waals surface area contributed by atoms with Gasteiger partial charge in [0.2, 0.25) is 5.91 Å². The van der Waals surface area contributed by atoms with Crippen molar-refractivity contribution in [1.82, 2.24) is 35.1 Å². The molecule has 0 aliphatic carbocycles. The molecular formula is C30H25ClFN7O. The smallest absolute Gasteiger partial charge is 0.247 e. The zero-order chi connectivity index (χ0) is 27.5. The number of piperidine rings is 1. The van der Waals surface area contributed by atoms with Crippen LogP contribution >= 0.6 is 11.6 Å². The molecule has 2 aromatic heterocycles. The van der Waals surface area contributed by atoms with Crippen LogP contribution in [0.5, 0.6) is 0 Å². The summed E-state index contributed by atoms with van der Waals surface area (Å²) in [4.78, 5) is 23.7. The van der Waals surface area contributed by atoms with Crippen molar-refractivity contribution in [2.24, 2.45) is 0 Å². The molecule has 0 bridgehead atoms. The van der Waals surface area contributed by atoms with E-state index in [0.29, 0.717) is 39.9 Å². The van der Waals surface area contributed by atoms with E-state index in [1.165, 1.54) is 23.1 Å². The average molecular weight is 554 g/mol. The third-order valence-electron chi connectivity index (χ3n) is 7.14. The number of hydrogen-bond donors (Lipinski definition) is 1. The van der Waals surface area contributed by atoms with E-state index in [9.17, 15) is 9.18 Å². The van der Waals surface area contributed by atoms with Gasteiger partial charge in [0, 0.05) is 34.7 Å². The van der Waals surface area contributed by atoms with Crippen LogP contribution in [0.15, 0.2) is 91.4 Å². The van der Waals surface area contributed by atoms with Crippen molar-refractivity contribution >= 4 is 23.6 Å². The van der Waals surface area contributed by atoms with Crippen LogP contribution in [0.3, 0.4) is 0 Å². The van der Waals surface area contributed by atoms with Gasteiger partial charge in [-0.2, -0.15) is 4.68 Å². The molecule has 3 aromatic carbocycles. The number of carbonyl (C=O) groups excluding carboxylic acids is 1. The number of amides is 1. The fourth-order valence-corrected chi connectivity index (χ4v) is 5.50. The Kier molecular flexibility index (Phi) is 7.20. The summed E-state index contributed by atoms with van der Waals surface area (Å²) in [5.41, 5.74) is 3.92. The topological polar surface area (TPSA) is 92.6 Å². The van der Waals surface area contributed by atoms with Gasteiger partial charge in [-0.3, -0.25) is 4.79 Å². The molecule has 1 fully saturated rings. The summed E-state index contributed by atoms with van der Waals surface area (Å²) in [5, 5.41) is 11.9. The number of halogens is 2. The molecule has 10 heteroatoms. The number of H-pyrrole nitrogens is 1. The third kappa shape index (κ3) is 5.28. The molecule has 2 atom stereocenters. The van der Waals surface area contributed by atoms with E-state index in [4.69, 9.17) is 16.6 Å². The number of aromatic nitrogens is 6. The number of nitrogens with one attached hydrogen (secondary N) is 1. The van der Waals surface area contributed by atoms with Gasteiger partial charge in [0.15, 0.2) is 0 Å². The highest BCUT2D eigenvalue weighted by atomic mass is 35.5. The van der Waals surface area contributed by atoms with Crippen molar-refractivity contribution < 1.29 is 9.18 Å². The number of tetrazole rings is 1. The van der Waals surface area contributed by atoms with E-state index in [1.807, 2.05) is 29.2 Å². The Morgan fingerprint density at radius 2 is 1.95 bits per heavy atom. The first-order valence-corrected chi connectivity index (χ1v) is 13.3. The Balaban J connectivity index is 1.36. The maximum atomic E-state index is 13.9. The number of carbonyl (C=O) groups is 1. The Bertz CT molecular complexity index is 1650. The highest BCUT2D eigenvalue weighted by molar-refractivity contribution is 6.30. The minimum atomic E-state index is -0.339. The molecule has 1 N–H and O–H groups in total. The number of aromatic amines is 1. The number of imidazole rings is 1. The maximum absolute atomic E-state index is 13.9. The molecule has 3 heterocycles. The van der Waals surface area contributed by atoms with Gasteiger partial charge in [-0.05, 0) is 65.2 Å². The van der Waals surface area contributed by atoms with Crippen LogP contribution in [0.25, 0.3) is 23.0 Å². The predicted molar refractivity (Wildman–Crippen MR) is 150 cm³/mol. The molecule has 6 rings (SSSR count). The van der Waals surface area contributed by atoms with Crippen LogP contribution in [0.1, 0.15) is 41.8 Å². The van der Waals surface area contributed by atoms with Crippen LogP contribution in [-0.2, 0) is 4.79 Å². The largest absolute Gasteiger partial charge is 0.340 e. The zero-order valence-electron chi connectivity index (χ0n) is 21.4. The minimum Gasteiger partial charge on any atom is -0.340 e. The van der Waals surface area contributed by atoms with Crippen LogP contribution in [0.4, 0.5) is 4.39 Å². The highest BCUT2D eigenvalue weighted by Crippen LogP contribution is 2.42. The van der Waals surface area contributed by atoms with E-state index >= 15 is 0 Å². The average Bonchev–Trinajstić information content (AvgIpc) is 3.69. The van der Waals surface area contributed by atoms with Crippen LogP contribution in [0, 0.1) is 5.82 Å². The van der Waals surface area contributed by atoms with Crippen molar-refractivity contribution in [1.29, 1.82) is 0 Å². The van der Waals surface area contributed by atoms with Crippen molar-refractivity contribution in [3.8, 4) is 16.9 Å². The number of benzene rings is 3. The van der Waals surface area contributed by atoms with Crippen molar-refractivity contribution in [2.45, 2.75) is 24.8 Å². The Morgan fingerprint density at radius 3 is 2.75 bits per heavy atom. The number of hydrogen-bond acceptors (Lipinski definition) is 5. The standard InChI is InChI=1S/C30H25ClFN7O/c31-23-12-13-27(39-19-34-36-37-39)22(16-23)11-14-28(40)38-15-5-10-25(20-6-2-1-3-7-20)29(38)30-33-18-26(35-30)21-8-4-9-24(32)17-21/h1-4,6-9,11-14,16-19,25,29H,5,10,15H2,(H,33,35)/b14-11+. The fourth-order valence-electron chi connectivity index (χ4n) is 5.32. The molecule has 2 unspecified atom stereocenters. The van der Waals surface area contributed by atoms with Gasteiger partial charge in [0.25, 0.3) is 0 Å². The molecule has 1 amide bonds. The lowest BCUT2D eigenvalue weighted by Gasteiger charge is -2.40. The molecule has 40 heavy (non-hydrogen) atoms. The zero-order valence-corrected chi connectivity index (χ0v) is 22.1. The molecular weight excluding hydrogens is 529 g/mol. The van der Waals surface area contributed by atoms with Gasteiger partial charge in [0.1, 0.15) is 18.0 Å². The SMILES string of the molecule is O=C(/C=C/c1cc(Cl)ccc1-n1cnnn1)N1CCCC(c2ccccc2)C1c1ncc(-c2cccc(F)c2)[nH]1. The van der Waals surface area contributed by atoms with Gasteiger partial charge in [-0.25, -0.2) is 9.37 Å². The Hall–Kier alpha value is -4.63. The summed E-state index contributed by atoms with van der Waals surface area (Å²) in [6, 6.07) is 21.5. The van der Waals surface area contributed by atoms with E-state index in [2.05, 4.69) is 32.6 Å². The first kappa shape index (κ1) is 25.6. The molecule has 200 valence electrons. The Morgan fingerprint density at radius 1 is 1.07 bits per heavy atom. The van der Waals surface area contributed by atoms with Gasteiger partial charge in [0.05, 0.1) is 23.6 Å². The van der Waals surface area contributed by atoms with Gasteiger partial charge in [-0.15, -0.1) is 5.10 Å². The Labute approximate surface area is 235 Å². The first-order valence-electron chi connectivity index (χ1n) is 12.9. The summed E-state index contributed by atoms with van der Waals surface area (Å²) < 4.78 is 15.4. The number of nitrogens with zero attached hydrogens (tertiary/aromatic N) is 6. The monoisotopic (exact) mass is 553 g/mol. The van der Waals surface area contributed by atoms with E-state index < -0.39 is 0 Å². The number of rotatable bonds is 6. The second kappa shape index (κ2) is 11.2. The van der Waals surface area contributed by atoms with Crippen LogP contribution in [-0.4, -0.2) is 47.5 Å². The summed E-state index contributed by atoms with van der Waals surface area (Å²) >= 11 is 6.27. The highest BCUT2D eigenvalue weighted by Gasteiger charge is 2.37. The third-order valence-corrected chi connectivity index (χ3v) is 7.38. The second-order valence-electron chi connectivity index (χ2n) is 9.62. The summed E-state index contributed by atoms with van der Waals surface area (Å²) in [6.07, 6.45) is 8.21. The lowest BCUT2D eigenvalue weighted by atomic mass is 9.83. The summed E-state index contributed by atoms with van der Waals surface area (Å²) in [6.45, 7) is 0.572. The van der Waals surface area contributed by atoms with Crippen molar-refractivity contribution in [3.05, 3.63) is 119 Å². The van der Waals surface area contributed by atoms with E-state index in [1.54, 1.807) is 42.6 Å². The van der Waals surface area contributed by atoms with E-state index in [0.717, 1.165) is 18.4 Å². The van der Waals surface area contributed by atoms with Crippen LogP contribution < -0.4 is 0 Å². The van der Waals surface area contributed by atoms with Gasteiger partial charge in [-0.1, -0.05) is 54.1 Å². The van der Waals surface area contributed by atoms with Crippen molar-refractivity contribution in [2.75, 3.05) is 6.54 Å². The first-order chi connectivity index (χ1) is 19.6. The maximum Gasteiger partial charge on any atom is 0.247 e. The van der Waals surface area contributed by atoms with Crippen molar-refractivity contribution in [3.63, 3.8) is 0 Å². The molecule has 5 aromatic rings. The predicted octanol–water partition coefficient (Wildman–Crippen LogP) is 6.01. The lowest BCUT2D eigenvalue weighted by molar-refractivity contribution is -0.130. The lowest BCUT2D eigenvalue weighted by Crippen LogP contribution is -2.41. The fraction of sp³-hybridized carbons (Fsp3) is 0.167. The number of likely N-dealkylation sites (tertiary alicyclic amines) is 1. The quantitative estimate of drug-likeness (QED) is 0.260. The molecule has 0 saturated carbocycles. The second-order valence-corrected chi connectivity index (χ2v) is 10.1. The normalized spacial score (nSPS) is 17.4. The molecule has 8 nitrogen and oxygen atoms in total. The minimum absolute atomic E-state index is 0.0294. The molecule has 1 aliphatic rings. The summed E-state index contributed by atoms with van der Waals surface area (Å²) in [7, 11) is 0. The molecule has 0 radical (unpaired) electrons. The molecule has 1 aliphatic heterocycles. The summed E-state index contributed by atoms with van der Waals surface area (Å²) in [5.74, 6) is 0.211. The van der Waals surface area contributed by atoms with Crippen LogP contribution in [0.2, 0.25) is 5.02 Å². The molecule has 1 saturated heterocycles. The van der Waals surface area contributed by atoms with Gasteiger partial charge < -0.3 is 9.88 Å². The van der Waals surface area contributed by atoms with E-state index in [-0.39, 0.29) is 23.7 Å².